The van der Waals surface area contributed by atoms with Crippen LogP contribution in [-0.2, 0) is 9.59 Å². The summed E-state index contributed by atoms with van der Waals surface area (Å²) in [6, 6.07) is 0. The number of allylic oxidation sites excluding steroid dienone is 2. The van der Waals surface area contributed by atoms with E-state index in [-0.39, 0.29) is 23.7 Å². The van der Waals surface area contributed by atoms with Gasteiger partial charge in [0.25, 0.3) is 0 Å². The molecule has 0 aromatic carbocycles. The first-order valence-electron chi connectivity index (χ1n) is 5.34. The maximum Gasteiger partial charge on any atom is 0.248 e. The van der Waals surface area contributed by atoms with Crippen molar-refractivity contribution in [3.05, 3.63) is 12.2 Å². The number of carbonyl (C=O) groups is 2. The van der Waals surface area contributed by atoms with Gasteiger partial charge in [-0.1, -0.05) is 12.2 Å². The molecule has 0 aromatic heterocycles. The summed E-state index contributed by atoms with van der Waals surface area (Å²) in [7, 11) is 3.48. The average molecular weight is 206 g/mol. The van der Waals surface area contributed by atoms with Crippen LogP contribution in [0.3, 0.4) is 0 Å². The average Bonchev–Trinajstić information content (AvgIpc) is 2.79. The predicted molar refractivity (Wildman–Crippen MR) is 53.3 cm³/mol. The van der Waals surface area contributed by atoms with Gasteiger partial charge in [0, 0.05) is 14.1 Å². The quantitative estimate of drug-likeness (QED) is 0.457. The zero-order valence-electron chi connectivity index (χ0n) is 8.88. The molecule has 0 N–H and O–H groups in total. The molecule has 3 rings (SSSR count). The molecule has 4 heteroatoms. The number of amides is 2. The zero-order chi connectivity index (χ0) is 10.7. The van der Waals surface area contributed by atoms with E-state index in [4.69, 9.17) is 0 Å². The first-order valence-corrected chi connectivity index (χ1v) is 5.34. The van der Waals surface area contributed by atoms with Gasteiger partial charge in [0.1, 0.15) is 0 Å². The van der Waals surface area contributed by atoms with E-state index in [0.717, 1.165) is 6.42 Å². The highest BCUT2D eigenvalue weighted by Crippen LogP contribution is 2.52. The number of hydrogen-bond donors (Lipinski definition) is 0. The molecule has 2 bridgehead atoms. The molecule has 80 valence electrons. The molecular weight excluding hydrogens is 192 g/mol. The normalized spacial score (nSPS) is 42.2. The Morgan fingerprint density at radius 1 is 1.13 bits per heavy atom. The summed E-state index contributed by atoms with van der Waals surface area (Å²) in [6.45, 7) is 0. The zero-order valence-corrected chi connectivity index (χ0v) is 8.88. The van der Waals surface area contributed by atoms with E-state index >= 15 is 0 Å². The highest BCUT2D eigenvalue weighted by atomic mass is 16.2. The number of rotatable bonds is 1. The molecule has 4 nitrogen and oxygen atoms in total. The van der Waals surface area contributed by atoms with E-state index in [0.29, 0.717) is 11.8 Å². The van der Waals surface area contributed by atoms with Crippen molar-refractivity contribution in [1.29, 1.82) is 0 Å². The molecule has 0 radical (unpaired) electrons. The predicted octanol–water partition coefficient (Wildman–Crippen LogP) is 0.270. The van der Waals surface area contributed by atoms with E-state index in [1.54, 1.807) is 19.1 Å². The molecule has 0 unspecified atom stereocenters. The summed E-state index contributed by atoms with van der Waals surface area (Å²) in [5.74, 6) is 0.450. The molecule has 1 saturated heterocycles. The van der Waals surface area contributed by atoms with Gasteiger partial charge in [0.15, 0.2) is 0 Å². The van der Waals surface area contributed by atoms with E-state index in [1.807, 2.05) is 0 Å². The minimum Gasteiger partial charge on any atom is -0.273 e. The second-order valence-electron chi connectivity index (χ2n) is 4.84. The molecule has 0 spiro atoms. The van der Waals surface area contributed by atoms with Gasteiger partial charge in [0.05, 0.1) is 11.8 Å². The van der Waals surface area contributed by atoms with Crippen molar-refractivity contribution >= 4 is 11.8 Å². The van der Waals surface area contributed by atoms with Crippen LogP contribution in [0, 0.1) is 23.7 Å². The van der Waals surface area contributed by atoms with E-state index in [9.17, 15) is 9.59 Å². The maximum atomic E-state index is 12.1. The fraction of sp³-hybridized carbons (Fsp3) is 0.636. The fourth-order valence-corrected chi connectivity index (χ4v) is 3.28. The minimum absolute atomic E-state index is 0.00755. The highest BCUT2D eigenvalue weighted by Gasteiger charge is 2.59. The number of hydrogen-bond acceptors (Lipinski definition) is 3. The van der Waals surface area contributed by atoms with Crippen molar-refractivity contribution < 1.29 is 9.59 Å². The van der Waals surface area contributed by atoms with Gasteiger partial charge < -0.3 is 0 Å². The lowest BCUT2D eigenvalue weighted by Crippen LogP contribution is -2.43. The number of carbonyl (C=O) groups excluding carboxylic acids is 2. The summed E-state index contributed by atoms with van der Waals surface area (Å²) in [6.07, 6.45) is 5.21. The van der Waals surface area contributed by atoms with E-state index in [1.165, 1.54) is 5.01 Å². The van der Waals surface area contributed by atoms with Crippen molar-refractivity contribution in [3.8, 4) is 0 Å². The van der Waals surface area contributed by atoms with Crippen LogP contribution in [0.5, 0.6) is 0 Å². The second-order valence-corrected chi connectivity index (χ2v) is 4.84. The first-order chi connectivity index (χ1) is 7.11. The SMILES string of the molecule is CN(C)N1C(=O)[C@H]2[C@H](C1=O)[C@H]1C=C[C@H]2C1. The molecule has 1 heterocycles. The molecule has 15 heavy (non-hydrogen) atoms. The van der Waals surface area contributed by atoms with Crippen LogP contribution in [0.4, 0.5) is 0 Å². The van der Waals surface area contributed by atoms with Crippen molar-refractivity contribution in [2.24, 2.45) is 23.7 Å². The third-order valence-corrected chi connectivity index (χ3v) is 3.85. The second kappa shape index (κ2) is 2.70. The number of nitrogens with zero attached hydrogens (tertiary/aromatic N) is 2. The number of hydrazine groups is 1. The van der Waals surface area contributed by atoms with Crippen molar-refractivity contribution in [2.45, 2.75) is 6.42 Å². The third kappa shape index (κ3) is 0.951. The summed E-state index contributed by atoms with van der Waals surface area (Å²) in [5.41, 5.74) is 0. The molecule has 0 aromatic rings. The largest absolute Gasteiger partial charge is 0.273 e. The Labute approximate surface area is 88.5 Å². The van der Waals surface area contributed by atoms with Crippen molar-refractivity contribution in [1.82, 2.24) is 10.0 Å². The van der Waals surface area contributed by atoms with Gasteiger partial charge in [-0.15, -0.1) is 0 Å². The third-order valence-electron chi connectivity index (χ3n) is 3.85. The molecule has 3 aliphatic rings. The van der Waals surface area contributed by atoms with Gasteiger partial charge in [-0.05, 0) is 18.3 Å². The Kier molecular flexibility index (Phi) is 1.63. The minimum atomic E-state index is -0.0742. The van der Waals surface area contributed by atoms with Crippen LogP contribution in [0.1, 0.15) is 6.42 Å². The Morgan fingerprint density at radius 2 is 1.60 bits per heavy atom. The number of imide groups is 1. The van der Waals surface area contributed by atoms with Gasteiger partial charge in [-0.25, -0.2) is 10.0 Å². The Morgan fingerprint density at radius 3 is 2.00 bits per heavy atom. The molecule has 4 atom stereocenters. The topological polar surface area (TPSA) is 40.6 Å². The monoisotopic (exact) mass is 206 g/mol. The van der Waals surface area contributed by atoms with Gasteiger partial charge in [-0.2, -0.15) is 0 Å². The van der Waals surface area contributed by atoms with Crippen LogP contribution in [0.2, 0.25) is 0 Å². The summed E-state index contributed by atoms with van der Waals surface area (Å²) >= 11 is 0. The summed E-state index contributed by atoms with van der Waals surface area (Å²) in [5, 5.41) is 2.91. The van der Waals surface area contributed by atoms with Crippen LogP contribution >= 0.6 is 0 Å². The van der Waals surface area contributed by atoms with Gasteiger partial charge in [0.2, 0.25) is 11.8 Å². The van der Waals surface area contributed by atoms with Crippen LogP contribution < -0.4 is 0 Å². The highest BCUT2D eigenvalue weighted by molar-refractivity contribution is 6.05. The molecule has 1 saturated carbocycles. The van der Waals surface area contributed by atoms with Crippen molar-refractivity contribution in [3.63, 3.8) is 0 Å². The molecule has 2 amide bonds. The standard InChI is InChI=1S/C11H14N2O2/c1-12(2)13-10(14)8-6-3-4-7(5-6)9(8)11(13)15/h3-4,6-9H,5H2,1-2H3/t6-,7-,8+,9+/m0/s1. The fourth-order valence-electron chi connectivity index (χ4n) is 3.28. The van der Waals surface area contributed by atoms with Gasteiger partial charge in [-0.3, -0.25) is 9.59 Å². The number of fused-ring (bicyclic) bond motifs is 5. The smallest absolute Gasteiger partial charge is 0.248 e. The van der Waals surface area contributed by atoms with Gasteiger partial charge >= 0.3 is 0 Å². The Hall–Kier alpha value is -1.16. The van der Waals surface area contributed by atoms with Crippen molar-refractivity contribution in [2.75, 3.05) is 14.1 Å². The lowest BCUT2D eigenvalue weighted by Gasteiger charge is -2.23. The van der Waals surface area contributed by atoms with E-state index < -0.39 is 0 Å². The van der Waals surface area contributed by atoms with Crippen LogP contribution in [0.15, 0.2) is 12.2 Å². The molecular formula is C11H14N2O2. The Bertz CT molecular complexity index is 345. The summed E-state index contributed by atoms with van der Waals surface area (Å²) < 4.78 is 0. The summed E-state index contributed by atoms with van der Waals surface area (Å²) in [4.78, 5) is 24.1. The molecule has 1 aliphatic heterocycles. The maximum absolute atomic E-state index is 12.1. The molecule has 2 aliphatic carbocycles. The molecule has 2 fully saturated rings. The lowest BCUT2D eigenvalue weighted by atomic mass is 9.85. The first kappa shape index (κ1) is 9.09. The van der Waals surface area contributed by atoms with E-state index in [2.05, 4.69) is 12.2 Å². The van der Waals surface area contributed by atoms with Crippen LogP contribution in [0.25, 0.3) is 0 Å². The van der Waals surface area contributed by atoms with Crippen LogP contribution in [-0.4, -0.2) is 35.9 Å². The lowest BCUT2D eigenvalue weighted by molar-refractivity contribution is -0.155. The Balaban J connectivity index is 2.00.